The van der Waals surface area contributed by atoms with Gasteiger partial charge in [0.25, 0.3) is 0 Å². The van der Waals surface area contributed by atoms with E-state index in [1.165, 1.54) is 43.4 Å². The molecule has 1 spiro atoms. The van der Waals surface area contributed by atoms with Crippen LogP contribution in [0.4, 0.5) is 5.69 Å². The minimum absolute atomic E-state index is 0.0840. The summed E-state index contributed by atoms with van der Waals surface area (Å²) >= 11 is 6.09. The van der Waals surface area contributed by atoms with Gasteiger partial charge in [0.2, 0.25) is 0 Å². The first-order chi connectivity index (χ1) is 16.9. The van der Waals surface area contributed by atoms with Gasteiger partial charge in [-0.25, -0.2) is 9.59 Å². The molecule has 0 bridgehead atoms. The van der Waals surface area contributed by atoms with Crippen molar-refractivity contribution < 1.29 is 28.6 Å². The van der Waals surface area contributed by atoms with E-state index in [1.54, 1.807) is 30.3 Å². The highest BCUT2D eigenvalue weighted by Gasteiger charge is 2.50. The number of methoxy groups -OCH3 is 2. The average molecular weight is 492 g/mol. The lowest BCUT2D eigenvalue weighted by molar-refractivity contribution is -0.143. The predicted octanol–water partition coefficient (Wildman–Crippen LogP) is 4.25. The van der Waals surface area contributed by atoms with Gasteiger partial charge in [-0.3, -0.25) is 4.79 Å². The molecule has 0 N–H and O–H groups in total. The van der Waals surface area contributed by atoms with Crippen LogP contribution in [0, 0.1) is 0 Å². The Balaban J connectivity index is 1.99. The van der Waals surface area contributed by atoms with Gasteiger partial charge in [0.05, 0.1) is 14.2 Å². The lowest BCUT2D eigenvalue weighted by atomic mass is 9.85. The SMILES string of the molecule is COC(=O)C1=C(C(=O)OC)C2(C=CC(=O)C=C2)OC(/C=C/c2ccccc2)N1c1ccc(Cl)cc1. The Labute approximate surface area is 207 Å². The van der Waals surface area contributed by atoms with Gasteiger partial charge in [0.1, 0.15) is 16.9 Å². The van der Waals surface area contributed by atoms with Crippen molar-refractivity contribution in [2.45, 2.75) is 11.8 Å². The summed E-state index contributed by atoms with van der Waals surface area (Å²) < 4.78 is 16.6. The predicted molar refractivity (Wildman–Crippen MR) is 131 cm³/mol. The molecule has 1 heterocycles. The fraction of sp³-hybridized carbons (Fsp3) is 0.148. The van der Waals surface area contributed by atoms with E-state index in [1.807, 2.05) is 36.4 Å². The first-order valence-corrected chi connectivity index (χ1v) is 11.1. The zero-order valence-electron chi connectivity index (χ0n) is 19.0. The molecule has 2 aromatic rings. The summed E-state index contributed by atoms with van der Waals surface area (Å²) in [5, 5.41) is 0.493. The Morgan fingerprint density at radius 2 is 1.60 bits per heavy atom. The highest BCUT2D eigenvalue weighted by molar-refractivity contribution is 6.30. The Kier molecular flexibility index (Phi) is 7.00. The van der Waals surface area contributed by atoms with Crippen LogP contribution in [-0.4, -0.2) is 43.8 Å². The standard InChI is InChI=1S/C27H22ClNO6/c1-33-25(31)23-24(26(32)34-2)29(20-11-9-19(28)10-12-20)22(13-8-18-6-4-3-5-7-18)35-27(23)16-14-21(30)15-17-27/h3-17,22H,1-2H3/b13-8+. The van der Waals surface area contributed by atoms with Crippen LogP contribution in [0.5, 0.6) is 0 Å². The van der Waals surface area contributed by atoms with Crippen molar-refractivity contribution in [2.24, 2.45) is 0 Å². The van der Waals surface area contributed by atoms with E-state index >= 15 is 0 Å². The average Bonchev–Trinajstić information content (AvgIpc) is 2.89. The van der Waals surface area contributed by atoms with E-state index in [4.69, 9.17) is 25.8 Å². The molecule has 0 fully saturated rings. The Morgan fingerprint density at radius 1 is 0.971 bits per heavy atom. The van der Waals surface area contributed by atoms with Gasteiger partial charge < -0.3 is 19.1 Å². The second-order valence-corrected chi connectivity index (χ2v) is 8.13. The third kappa shape index (κ3) is 4.82. The summed E-state index contributed by atoms with van der Waals surface area (Å²) in [5.74, 6) is -1.86. The van der Waals surface area contributed by atoms with Crippen molar-refractivity contribution in [1.29, 1.82) is 0 Å². The van der Waals surface area contributed by atoms with E-state index in [2.05, 4.69) is 0 Å². The van der Waals surface area contributed by atoms with Gasteiger partial charge in [-0.05, 0) is 60.2 Å². The number of carbonyl (C=O) groups is 3. The molecule has 2 aromatic carbocycles. The van der Waals surface area contributed by atoms with Gasteiger partial charge in [0.15, 0.2) is 12.0 Å². The molecule has 1 aliphatic heterocycles. The number of hydrogen-bond donors (Lipinski definition) is 0. The van der Waals surface area contributed by atoms with Crippen LogP contribution in [0.3, 0.4) is 0 Å². The maximum atomic E-state index is 13.2. The number of nitrogens with zero attached hydrogens (tertiary/aromatic N) is 1. The number of esters is 2. The summed E-state index contributed by atoms with van der Waals surface area (Å²) in [5.41, 5.74) is -0.327. The second kappa shape index (κ2) is 10.1. The molecule has 4 rings (SSSR count). The van der Waals surface area contributed by atoms with E-state index in [0.29, 0.717) is 10.7 Å². The molecule has 0 saturated carbocycles. The number of ether oxygens (including phenoxy) is 3. The molecule has 8 heteroatoms. The largest absolute Gasteiger partial charge is 0.465 e. The molecule has 0 radical (unpaired) electrons. The summed E-state index contributed by atoms with van der Waals surface area (Å²) in [4.78, 5) is 39.8. The molecular formula is C27H22ClNO6. The fourth-order valence-corrected chi connectivity index (χ4v) is 4.05. The highest BCUT2D eigenvalue weighted by atomic mass is 35.5. The third-order valence-electron chi connectivity index (χ3n) is 5.56. The summed E-state index contributed by atoms with van der Waals surface area (Å²) in [6.07, 6.45) is 8.14. The van der Waals surface area contributed by atoms with E-state index in [0.717, 1.165) is 5.56 Å². The van der Waals surface area contributed by atoms with Crippen LogP contribution in [-0.2, 0) is 28.6 Å². The second-order valence-electron chi connectivity index (χ2n) is 7.69. The van der Waals surface area contributed by atoms with Gasteiger partial charge >= 0.3 is 11.9 Å². The number of carbonyl (C=O) groups excluding carboxylic acids is 3. The molecule has 1 atom stereocenters. The topological polar surface area (TPSA) is 82.1 Å². The summed E-state index contributed by atoms with van der Waals surface area (Å²) in [7, 11) is 2.42. The monoisotopic (exact) mass is 491 g/mol. The number of benzene rings is 2. The van der Waals surface area contributed by atoms with Crippen molar-refractivity contribution in [3.8, 4) is 0 Å². The van der Waals surface area contributed by atoms with Crippen LogP contribution in [0.2, 0.25) is 5.02 Å². The summed E-state index contributed by atoms with van der Waals surface area (Å²) in [6, 6.07) is 16.2. The van der Waals surface area contributed by atoms with Gasteiger partial charge in [-0.2, -0.15) is 0 Å². The lowest BCUT2D eigenvalue weighted by Crippen LogP contribution is -2.54. The smallest absolute Gasteiger partial charge is 0.355 e. The number of anilines is 1. The minimum atomic E-state index is -1.54. The molecule has 35 heavy (non-hydrogen) atoms. The van der Waals surface area contributed by atoms with Gasteiger partial charge in [-0.1, -0.05) is 48.0 Å². The number of allylic oxidation sites excluding steroid dienone is 2. The Bertz CT molecular complexity index is 1240. The maximum absolute atomic E-state index is 13.2. The molecule has 2 aliphatic rings. The minimum Gasteiger partial charge on any atom is -0.465 e. The van der Waals surface area contributed by atoms with Crippen molar-refractivity contribution >= 4 is 41.1 Å². The Hall–Kier alpha value is -3.94. The quantitative estimate of drug-likeness (QED) is 0.578. The normalized spacial score (nSPS) is 18.9. The number of hydrogen-bond acceptors (Lipinski definition) is 7. The Morgan fingerprint density at radius 3 is 2.20 bits per heavy atom. The highest BCUT2D eigenvalue weighted by Crippen LogP contribution is 2.42. The maximum Gasteiger partial charge on any atom is 0.355 e. The van der Waals surface area contributed by atoms with Crippen molar-refractivity contribution in [2.75, 3.05) is 19.1 Å². The van der Waals surface area contributed by atoms with E-state index in [9.17, 15) is 14.4 Å². The molecule has 0 amide bonds. The summed E-state index contributed by atoms with van der Waals surface area (Å²) in [6.45, 7) is 0. The van der Waals surface area contributed by atoms with Crippen LogP contribution < -0.4 is 4.90 Å². The lowest BCUT2D eigenvalue weighted by Gasteiger charge is -2.45. The zero-order chi connectivity index (χ0) is 25.0. The van der Waals surface area contributed by atoms with Crippen molar-refractivity contribution in [3.05, 3.63) is 107 Å². The van der Waals surface area contributed by atoms with E-state index in [-0.39, 0.29) is 17.1 Å². The molecule has 1 aliphatic carbocycles. The number of ketones is 1. The zero-order valence-corrected chi connectivity index (χ0v) is 19.8. The fourth-order valence-electron chi connectivity index (χ4n) is 3.93. The van der Waals surface area contributed by atoms with E-state index < -0.39 is 23.8 Å². The molecule has 1 unspecified atom stereocenters. The molecule has 7 nitrogen and oxygen atoms in total. The van der Waals surface area contributed by atoms with Crippen LogP contribution in [0.25, 0.3) is 6.08 Å². The van der Waals surface area contributed by atoms with Crippen LogP contribution in [0.1, 0.15) is 5.56 Å². The molecule has 178 valence electrons. The molecule has 0 saturated heterocycles. The van der Waals surface area contributed by atoms with Crippen molar-refractivity contribution in [3.63, 3.8) is 0 Å². The molecule has 0 aromatic heterocycles. The number of rotatable bonds is 5. The van der Waals surface area contributed by atoms with Crippen LogP contribution >= 0.6 is 11.6 Å². The first-order valence-electron chi connectivity index (χ1n) is 10.7. The third-order valence-corrected chi connectivity index (χ3v) is 5.81. The van der Waals surface area contributed by atoms with Gasteiger partial charge in [-0.15, -0.1) is 0 Å². The number of halogens is 1. The molecular weight excluding hydrogens is 470 g/mol. The van der Waals surface area contributed by atoms with Crippen molar-refractivity contribution in [1.82, 2.24) is 0 Å². The first kappa shape index (κ1) is 24.2. The van der Waals surface area contributed by atoms with Crippen LogP contribution in [0.15, 0.2) is 96.2 Å². The van der Waals surface area contributed by atoms with Gasteiger partial charge in [0, 0.05) is 10.7 Å².